The number of nitrogens with zero attached hydrogens (tertiary/aromatic N) is 5. The Morgan fingerprint density at radius 3 is 2.16 bits per heavy atom. The van der Waals surface area contributed by atoms with E-state index in [1.54, 1.807) is 4.31 Å². The third-order valence-corrected chi connectivity index (χ3v) is 9.27. The quantitative estimate of drug-likeness (QED) is 0.722. The number of fused-ring (bicyclic) bond motifs is 1. The molecule has 3 heterocycles. The fourth-order valence-electron chi connectivity index (χ4n) is 4.89. The van der Waals surface area contributed by atoms with Crippen molar-refractivity contribution in [3.8, 4) is 0 Å². The summed E-state index contributed by atoms with van der Waals surface area (Å²) in [5.41, 5.74) is 7.06. The van der Waals surface area contributed by atoms with Gasteiger partial charge >= 0.3 is 0 Å². The van der Waals surface area contributed by atoms with E-state index < -0.39 is 10.0 Å². The number of benzene rings is 1. The molecule has 170 valence electrons. The third-order valence-electron chi connectivity index (χ3n) is 7.15. The molecule has 0 radical (unpaired) electrons. The first-order valence-corrected chi connectivity index (χ1v) is 12.6. The van der Waals surface area contributed by atoms with Gasteiger partial charge in [-0.15, -0.1) is 0 Å². The van der Waals surface area contributed by atoms with Crippen molar-refractivity contribution in [2.24, 2.45) is 7.05 Å². The Labute approximate surface area is 186 Å². The van der Waals surface area contributed by atoms with Gasteiger partial charge in [-0.3, -0.25) is 9.58 Å². The van der Waals surface area contributed by atoms with Crippen LogP contribution >= 0.6 is 0 Å². The van der Waals surface area contributed by atoms with Crippen molar-refractivity contribution in [3.63, 3.8) is 0 Å². The maximum Gasteiger partial charge on any atom is 0.243 e. The van der Waals surface area contributed by atoms with E-state index >= 15 is 0 Å². The number of rotatable bonds is 4. The molecule has 0 atom stereocenters. The van der Waals surface area contributed by atoms with Gasteiger partial charge in [0, 0.05) is 70.5 Å². The van der Waals surface area contributed by atoms with E-state index in [9.17, 15) is 8.42 Å². The molecule has 1 saturated heterocycles. The van der Waals surface area contributed by atoms with E-state index in [0.29, 0.717) is 24.4 Å². The van der Waals surface area contributed by atoms with Gasteiger partial charge < -0.3 is 4.90 Å². The van der Waals surface area contributed by atoms with Gasteiger partial charge in [-0.2, -0.15) is 9.40 Å². The highest BCUT2D eigenvalue weighted by Crippen LogP contribution is 2.32. The zero-order chi connectivity index (χ0) is 22.5. The van der Waals surface area contributed by atoms with Crippen LogP contribution in [-0.4, -0.2) is 72.1 Å². The van der Waals surface area contributed by atoms with Gasteiger partial charge in [0.05, 0.1) is 10.6 Å². The van der Waals surface area contributed by atoms with Gasteiger partial charge in [0.2, 0.25) is 10.0 Å². The Kier molecular flexibility index (Phi) is 6.02. The van der Waals surface area contributed by atoms with E-state index in [4.69, 9.17) is 5.10 Å². The average molecular weight is 446 g/mol. The summed E-state index contributed by atoms with van der Waals surface area (Å²) in [5.74, 6) is 0. The third kappa shape index (κ3) is 4.06. The Balaban J connectivity index is 1.65. The van der Waals surface area contributed by atoms with Crippen molar-refractivity contribution in [3.05, 3.63) is 45.3 Å². The predicted molar refractivity (Wildman–Crippen MR) is 123 cm³/mol. The fraction of sp³-hybridized carbons (Fsp3) is 0.609. The molecular formula is C23H35N5O2S. The molecule has 2 aliphatic rings. The molecule has 31 heavy (non-hydrogen) atoms. The van der Waals surface area contributed by atoms with Crippen LogP contribution in [0.25, 0.3) is 0 Å². The summed E-state index contributed by atoms with van der Waals surface area (Å²) in [7, 11) is 0.550. The minimum Gasteiger partial charge on any atom is -0.304 e. The van der Waals surface area contributed by atoms with Crippen LogP contribution in [0.5, 0.6) is 0 Å². The number of sulfonamides is 1. The molecule has 0 saturated carbocycles. The van der Waals surface area contributed by atoms with E-state index in [1.807, 2.05) is 39.4 Å². The summed E-state index contributed by atoms with van der Waals surface area (Å²) in [6.07, 6.45) is 0.698. The molecule has 0 bridgehead atoms. The number of hydrogen-bond acceptors (Lipinski definition) is 5. The molecule has 0 unspecified atom stereocenters. The SMILES string of the molecule is Cc1cc(C)c(C)c(S(=O)(=O)N2CCc3c(c(CN4CCN(C)CC4)nn3C)C2)c1C. The molecule has 0 aliphatic carbocycles. The van der Waals surface area contributed by atoms with Crippen LogP contribution in [0.4, 0.5) is 0 Å². The van der Waals surface area contributed by atoms with E-state index in [2.05, 4.69) is 22.9 Å². The van der Waals surface area contributed by atoms with Crippen molar-refractivity contribution >= 4 is 10.0 Å². The van der Waals surface area contributed by atoms with Gasteiger partial charge in [0.1, 0.15) is 0 Å². The molecule has 4 rings (SSSR count). The number of aromatic nitrogens is 2. The standard InChI is InChI=1S/C23H35N5O2S/c1-16-13-17(2)19(4)23(18(16)3)31(29,30)28-8-7-22-20(14-28)21(24-26(22)6)15-27-11-9-25(5)10-12-27/h13H,7-12,14-15H2,1-6H3. The van der Waals surface area contributed by atoms with E-state index in [-0.39, 0.29) is 0 Å². The van der Waals surface area contributed by atoms with E-state index in [1.165, 1.54) is 5.69 Å². The Bertz CT molecular complexity index is 1070. The van der Waals surface area contributed by atoms with Crippen molar-refractivity contribution in [2.75, 3.05) is 39.8 Å². The molecule has 2 aliphatic heterocycles. The normalized spacial score (nSPS) is 19.0. The fourth-order valence-corrected chi connectivity index (χ4v) is 6.88. The van der Waals surface area contributed by atoms with Crippen molar-refractivity contribution in [1.82, 2.24) is 23.9 Å². The first-order chi connectivity index (χ1) is 14.6. The largest absolute Gasteiger partial charge is 0.304 e. The lowest BCUT2D eigenvalue weighted by Crippen LogP contribution is -2.44. The Morgan fingerprint density at radius 1 is 0.935 bits per heavy atom. The Morgan fingerprint density at radius 2 is 1.55 bits per heavy atom. The average Bonchev–Trinajstić information content (AvgIpc) is 3.03. The van der Waals surface area contributed by atoms with Crippen LogP contribution in [-0.2, 0) is 36.6 Å². The second kappa shape index (κ2) is 8.31. The highest BCUT2D eigenvalue weighted by atomic mass is 32.2. The van der Waals surface area contributed by atoms with Gasteiger partial charge in [-0.05, 0) is 57.0 Å². The van der Waals surface area contributed by atoms with Gasteiger partial charge in [0.25, 0.3) is 0 Å². The lowest BCUT2D eigenvalue weighted by Gasteiger charge is -2.32. The summed E-state index contributed by atoms with van der Waals surface area (Å²) in [6, 6.07) is 2.08. The molecule has 0 spiro atoms. The highest BCUT2D eigenvalue weighted by Gasteiger charge is 2.34. The van der Waals surface area contributed by atoms with Crippen molar-refractivity contribution in [1.29, 1.82) is 0 Å². The van der Waals surface area contributed by atoms with Crippen LogP contribution in [0.3, 0.4) is 0 Å². The topological polar surface area (TPSA) is 61.7 Å². The summed E-state index contributed by atoms with van der Waals surface area (Å²) < 4.78 is 31.2. The number of hydrogen-bond donors (Lipinski definition) is 0. The number of piperazine rings is 1. The van der Waals surface area contributed by atoms with Crippen LogP contribution in [0, 0.1) is 27.7 Å². The second-order valence-corrected chi connectivity index (χ2v) is 11.1. The second-order valence-electron chi connectivity index (χ2n) is 9.25. The molecule has 0 N–H and O–H groups in total. The highest BCUT2D eigenvalue weighted by molar-refractivity contribution is 7.89. The summed E-state index contributed by atoms with van der Waals surface area (Å²) >= 11 is 0. The monoisotopic (exact) mass is 445 g/mol. The van der Waals surface area contributed by atoms with Gasteiger partial charge in [-0.1, -0.05) is 6.07 Å². The van der Waals surface area contributed by atoms with Crippen LogP contribution in [0.2, 0.25) is 0 Å². The maximum absolute atomic E-state index is 13.8. The zero-order valence-electron chi connectivity index (χ0n) is 19.7. The molecule has 1 aromatic heterocycles. The maximum atomic E-state index is 13.8. The minimum absolute atomic E-state index is 0.403. The first kappa shape index (κ1) is 22.5. The molecule has 8 heteroatoms. The van der Waals surface area contributed by atoms with E-state index in [0.717, 1.165) is 66.2 Å². The summed E-state index contributed by atoms with van der Waals surface area (Å²) in [5, 5.41) is 4.80. The van der Waals surface area contributed by atoms with Gasteiger partial charge in [0.15, 0.2) is 0 Å². The number of likely N-dealkylation sites (N-methyl/N-ethyl adjacent to an activating group) is 1. The zero-order valence-corrected chi connectivity index (χ0v) is 20.5. The smallest absolute Gasteiger partial charge is 0.243 e. The Hall–Kier alpha value is -1.74. The summed E-state index contributed by atoms with van der Waals surface area (Å²) in [6.45, 7) is 13.7. The molecule has 1 aromatic carbocycles. The van der Waals surface area contributed by atoms with Crippen molar-refractivity contribution in [2.45, 2.75) is 52.1 Å². The lowest BCUT2D eigenvalue weighted by atomic mass is 10.0. The molecule has 1 fully saturated rings. The lowest BCUT2D eigenvalue weighted by molar-refractivity contribution is 0.146. The molecule has 0 amide bonds. The van der Waals surface area contributed by atoms with Crippen LogP contribution in [0.15, 0.2) is 11.0 Å². The van der Waals surface area contributed by atoms with Crippen LogP contribution in [0.1, 0.15) is 39.2 Å². The predicted octanol–water partition coefficient (Wildman–Crippen LogP) is 2.15. The molecular weight excluding hydrogens is 410 g/mol. The van der Waals surface area contributed by atoms with Crippen molar-refractivity contribution < 1.29 is 8.42 Å². The summed E-state index contributed by atoms with van der Waals surface area (Å²) in [4.78, 5) is 5.25. The van der Waals surface area contributed by atoms with Crippen LogP contribution < -0.4 is 0 Å². The number of aryl methyl sites for hydroxylation is 3. The molecule has 2 aromatic rings. The first-order valence-electron chi connectivity index (χ1n) is 11.1. The minimum atomic E-state index is -3.58. The van der Waals surface area contributed by atoms with Gasteiger partial charge in [-0.25, -0.2) is 8.42 Å². The molecule has 7 nitrogen and oxygen atoms in total.